The number of aromatic amines is 1. The Kier molecular flexibility index (Phi) is 4.43. The van der Waals surface area contributed by atoms with Crippen molar-refractivity contribution in [3.63, 3.8) is 0 Å². The van der Waals surface area contributed by atoms with E-state index in [9.17, 15) is 19.8 Å². The molecule has 152 valence electrons. The van der Waals surface area contributed by atoms with Crippen molar-refractivity contribution >= 4 is 34.7 Å². The molecular formula is C21H23N3O4S. The van der Waals surface area contributed by atoms with Gasteiger partial charge in [-0.3, -0.25) is 4.79 Å². The monoisotopic (exact) mass is 413 g/mol. The molecule has 3 heterocycles. The molecule has 5 atom stereocenters. The summed E-state index contributed by atoms with van der Waals surface area (Å²) in [6, 6.07) is 7.65. The fourth-order valence-corrected chi connectivity index (χ4v) is 6.40. The number of hydrogen-bond acceptors (Lipinski definition) is 5. The van der Waals surface area contributed by atoms with Crippen LogP contribution in [-0.2, 0) is 9.59 Å². The van der Waals surface area contributed by atoms with Crippen LogP contribution in [-0.4, -0.2) is 54.9 Å². The zero-order valence-corrected chi connectivity index (χ0v) is 16.9. The maximum Gasteiger partial charge on any atom is 0.352 e. The van der Waals surface area contributed by atoms with E-state index in [4.69, 9.17) is 0 Å². The number of aromatic nitrogens is 2. The lowest BCUT2D eigenvalue weighted by Gasteiger charge is -2.47. The number of hydrogen-bond donors (Lipinski definition) is 3. The fraction of sp³-hybridized carbons (Fsp3) is 0.476. The number of thioether (sulfide) groups is 1. The Morgan fingerprint density at radius 3 is 2.90 bits per heavy atom. The molecule has 8 heteroatoms. The molecule has 1 aromatic carbocycles. The van der Waals surface area contributed by atoms with Crippen LogP contribution in [0.2, 0.25) is 0 Å². The van der Waals surface area contributed by atoms with Gasteiger partial charge in [0, 0.05) is 11.7 Å². The van der Waals surface area contributed by atoms with Crippen LogP contribution in [0.3, 0.4) is 0 Å². The summed E-state index contributed by atoms with van der Waals surface area (Å²) >= 11 is 1.60. The van der Waals surface area contributed by atoms with E-state index in [0.717, 1.165) is 46.8 Å². The molecule has 1 aliphatic carbocycles. The summed E-state index contributed by atoms with van der Waals surface area (Å²) < 4.78 is 0. The number of imidazole rings is 1. The third kappa shape index (κ3) is 2.80. The average molecular weight is 413 g/mol. The third-order valence-electron chi connectivity index (χ3n) is 6.53. The van der Waals surface area contributed by atoms with Gasteiger partial charge in [-0.15, -0.1) is 0 Å². The predicted octanol–water partition coefficient (Wildman–Crippen LogP) is 2.63. The van der Waals surface area contributed by atoms with Gasteiger partial charge in [0.25, 0.3) is 0 Å². The number of aliphatic carboxylic acids is 1. The summed E-state index contributed by atoms with van der Waals surface area (Å²) in [6.07, 6.45) is 2.01. The van der Waals surface area contributed by atoms with Crippen molar-refractivity contribution in [3.8, 4) is 0 Å². The van der Waals surface area contributed by atoms with Gasteiger partial charge in [0.05, 0.1) is 29.1 Å². The number of carbonyl (C=O) groups is 2. The summed E-state index contributed by atoms with van der Waals surface area (Å²) in [5, 5.41) is 20.8. The molecule has 0 bridgehead atoms. The molecule has 1 amide bonds. The summed E-state index contributed by atoms with van der Waals surface area (Å²) in [4.78, 5) is 34.0. The van der Waals surface area contributed by atoms with E-state index in [1.807, 2.05) is 24.3 Å². The summed E-state index contributed by atoms with van der Waals surface area (Å²) in [5.41, 5.74) is 2.96. The molecule has 0 unspecified atom stereocenters. The Hall–Kier alpha value is -2.32. The topological polar surface area (TPSA) is 107 Å². The molecule has 3 aliphatic rings. The number of carboxylic acid groups (broad SMARTS) is 1. The van der Waals surface area contributed by atoms with E-state index in [0.29, 0.717) is 0 Å². The van der Waals surface area contributed by atoms with E-state index < -0.39 is 18.0 Å². The third-order valence-corrected chi connectivity index (χ3v) is 7.57. The van der Waals surface area contributed by atoms with E-state index in [1.165, 1.54) is 4.90 Å². The van der Waals surface area contributed by atoms with E-state index in [2.05, 4.69) is 9.97 Å². The molecule has 5 rings (SSSR count). The molecule has 29 heavy (non-hydrogen) atoms. The zero-order valence-electron chi connectivity index (χ0n) is 16.0. The largest absolute Gasteiger partial charge is 0.477 e. The van der Waals surface area contributed by atoms with E-state index in [-0.39, 0.29) is 29.5 Å². The number of carbonyl (C=O) groups excluding carboxylic acids is 1. The molecule has 2 aliphatic heterocycles. The van der Waals surface area contributed by atoms with Crippen LogP contribution >= 0.6 is 11.8 Å². The number of nitrogens with zero attached hydrogens (tertiary/aromatic N) is 2. The second-order valence-electron chi connectivity index (χ2n) is 8.18. The number of fused-ring (bicyclic) bond motifs is 4. The molecular weight excluding hydrogens is 390 g/mol. The highest BCUT2D eigenvalue weighted by molar-refractivity contribution is 7.99. The van der Waals surface area contributed by atoms with Gasteiger partial charge >= 0.3 is 5.97 Å². The smallest absolute Gasteiger partial charge is 0.352 e. The summed E-state index contributed by atoms with van der Waals surface area (Å²) in [7, 11) is 0. The summed E-state index contributed by atoms with van der Waals surface area (Å²) in [6.45, 7) is 1.62. The highest BCUT2D eigenvalue weighted by atomic mass is 32.2. The molecule has 2 fully saturated rings. The number of amides is 1. The first-order valence-electron chi connectivity index (χ1n) is 10.0. The van der Waals surface area contributed by atoms with Gasteiger partial charge in [0.2, 0.25) is 5.91 Å². The van der Waals surface area contributed by atoms with Crippen LogP contribution in [0.5, 0.6) is 0 Å². The Morgan fingerprint density at radius 2 is 2.17 bits per heavy atom. The van der Waals surface area contributed by atoms with Gasteiger partial charge in [-0.1, -0.05) is 30.3 Å². The van der Waals surface area contributed by atoms with Gasteiger partial charge in [0.1, 0.15) is 5.70 Å². The van der Waals surface area contributed by atoms with Crippen molar-refractivity contribution in [2.75, 3.05) is 5.75 Å². The number of aliphatic hydroxyl groups excluding tert-OH is 1. The highest BCUT2D eigenvalue weighted by Crippen LogP contribution is 2.54. The number of benzene rings is 1. The van der Waals surface area contributed by atoms with Crippen LogP contribution in [0.4, 0.5) is 0 Å². The Balaban J connectivity index is 1.42. The zero-order chi connectivity index (χ0) is 20.3. The standard InChI is InChI=1S/C21H23N3O4S/c1-10(25)15-17-12-6-4-5-11(16(12)18(20(27)28)24(17)19(15)26)9-29-21-22-13-7-2-3-8-14(13)23-21/h2-3,7-8,10-12,15,17,25H,4-6,9H2,1H3,(H,22,23)(H,27,28)/t10-,11-,12+,15-,17-/m1/s1. The fourth-order valence-electron chi connectivity index (χ4n) is 5.35. The van der Waals surface area contributed by atoms with Gasteiger partial charge in [-0.05, 0) is 43.4 Å². The van der Waals surface area contributed by atoms with Crippen LogP contribution in [0.1, 0.15) is 26.2 Å². The number of carboxylic acids is 1. The molecule has 7 nitrogen and oxygen atoms in total. The van der Waals surface area contributed by atoms with Crippen LogP contribution in [0.25, 0.3) is 11.0 Å². The number of β-lactam (4-membered cyclic amide) rings is 1. The molecule has 0 spiro atoms. The molecule has 1 aromatic heterocycles. The maximum absolute atomic E-state index is 12.6. The first-order chi connectivity index (χ1) is 14.0. The first kappa shape index (κ1) is 18.7. The Labute approximate surface area is 172 Å². The molecule has 1 saturated carbocycles. The second kappa shape index (κ2) is 6.88. The second-order valence-corrected chi connectivity index (χ2v) is 9.19. The minimum atomic E-state index is -1.04. The van der Waals surface area contributed by atoms with Crippen LogP contribution in [0.15, 0.2) is 40.7 Å². The molecule has 2 aromatic rings. The maximum atomic E-state index is 12.6. The SMILES string of the molecule is C[C@@H](O)[C@H]1C(=O)N2C(C(=O)O)=C3[C@@H](CSc4nc5ccccc5[nH]4)CCC[C@@H]3[C@H]12. The number of para-hydroxylation sites is 2. The van der Waals surface area contributed by atoms with Crippen molar-refractivity contribution < 1.29 is 19.8 Å². The number of rotatable bonds is 5. The van der Waals surface area contributed by atoms with Gasteiger partial charge < -0.3 is 20.1 Å². The average Bonchev–Trinajstić information content (AvgIpc) is 3.23. The van der Waals surface area contributed by atoms with Gasteiger partial charge in [0.15, 0.2) is 5.16 Å². The normalized spacial score (nSPS) is 29.6. The quantitative estimate of drug-likeness (QED) is 0.514. The summed E-state index contributed by atoms with van der Waals surface area (Å²) in [5.74, 6) is -0.942. The molecule has 0 radical (unpaired) electrons. The minimum absolute atomic E-state index is 0.0356. The Morgan fingerprint density at radius 1 is 1.38 bits per heavy atom. The lowest BCUT2D eigenvalue weighted by molar-refractivity contribution is -0.163. The van der Waals surface area contributed by atoms with Crippen LogP contribution < -0.4 is 0 Å². The molecule has 3 N–H and O–H groups in total. The highest BCUT2D eigenvalue weighted by Gasteiger charge is 2.62. The number of nitrogens with one attached hydrogen (secondary N) is 1. The first-order valence-corrected chi connectivity index (χ1v) is 11.0. The van der Waals surface area contributed by atoms with E-state index in [1.54, 1.807) is 18.7 Å². The van der Waals surface area contributed by atoms with Crippen molar-refractivity contribution in [3.05, 3.63) is 35.5 Å². The van der Waals surface area contributed by atoms with E-state index >= 15 is 0 Å². The van der Waals surface area contributed by atoms with Crippen molar-refractivity contribution in [1.82, 2.24) is 14.9 Å². The van der Waals surface area contributed by atoms with Crippen molar-refractivity contribution in [2.45, 2.75) is 43.5 Å². The minimum Gasteiger partial charge on any atom is -0.477 e. The number of H-pyrrole nitrogens is 1. The predicted molar refractivity (Wildman–Crippen MR) is 108 cm³/mol. The van der Waals surface area contributed by atoms with Gasteiger partial charge in [-0.25, -0.2) is 9.78 Å². The lowest BCUT2D eigenvalue weighted by atomic mass is 9.70. The molecule has 1 saturated heterocycles. The van der Waals surface area contributed by atoms with Crippen LogP contribution in [0, 0.1) is 17.8 Å². The lowest BCUT2D eigenvalue weighted by Crippen LogP contribution is -2.64. The van der Waals surface area contributed by atoms with Crippen molar-refractivity contribution in [2.24, 2.45) is 17.8 Å². The Bertz CT molecular complexity index is 997. The number of aliphatic hydroxyl groups is 1. The van der Waals surface area contributed by atoms with Crippen molar-refractivity contribution in [1.29, 1.82) is 0 Å². The van der Waals surface area contributed by atoms with Gasteiger partial charge in [-0.2, -0.15) is 0 Å².